The summed E-state index contributed by atoms with van der Waals surface area (Å²) in [6.45, 7) is 3.51. The molecule has 1 amide bonds. The van der Waals surface area contributed by atoms with Crippen LogP contribution in [0.25, 0.3) is 0 Å². The van der Waals surface area contributed by atoms with Gasteiger partial charge in [-0.1, -0.05) is 26.0 Å². The van der Waals surface area contributed by atoms with Crippen molar-refractivity contribution >= 4 is 5.91 Å². The van der Waals surface area contributed by atoms with E-state index in [-0.39, 0.29) is 11.1 Å². The molecule has 0 atom stereocenters. The molecule has 0 aliphatic heterocycles. The average molecular weight is 305 g/mol. The molecule has 0 bridgehead atoms. The van der Waals surface area contributed by atoms with Gasteiger partial charge in [0, 0.05) is 6.04 Å². The summed E-state index contributed by atoms with van der Waals surface area (Å²) in [5.74, 6) is -1.68. The summed E-state index contributed by atoms with van der Waals surface area (Å²) in [6, 6.07) is 3.58. The molecule has 0 heterocycles. The number of benzene rings is 1. The maximum atomic E-state index is 14.0. The maximum Gasteiger partial charge on any atom is 0.406 e. The zero-order chi connectivity index (χ0) is 16.2. The first kappa shape index (κ1) is 17.5. The second-order valence-electron chi connectivity index (χ2n) is 4.96. The molecule has 6 heteroatoms. The van der Waals surface area contributed by atoms with E-state index in [2.05, 4.69) is 0 Å². The van der Waals surface area contributed by atoms with Crippen LogP contribution in [-0.4, -0.2) is 29.6 Å². The van der Waals surface area contributed by atoms with Crippen molar-refractivity contribution in [1.82, 2.24) is 4.90 Å². The number of carbonyl (C=O) groups is 1. The predicted octanol–water partition coefficient (Wildman–Crippen LogP) is 4.33. The highest BCUT2D eigenvalue weighted by Crippen LogP contribution is 2.23. The standard InChI is InChI=1S/C15H19F4NO/c1-4-11(5-2)20(9-15(17,18)19)14(21)12-8-6-7-10(3)13(12)16/h6-8,11H,4-5,9H2,1-3H3. The van der Waals surface area contributed by atoms with E-state index in [1.54, 1.807) is 13.8 Å². The van der Waals surface area contributed by atoms with Crippen LogP contribution in [0.15, 0.2) is 18.2 Å². The lowest BCUT2D eigenvalue weighted by atomic mass is 10.1. The molecule has 118 valence electrons. The molecule has 0 aliphatic carbocycles. The molecule has 0 spiro atoms. The fourth-order valence-electron chi connectivity index (χ4n) is 2.26. The molecule has 0 fully saturated rings. The Kier molecular flexibility index (Phi) is 5.75. The highest BCUT2D eigenvalue weighted by Gasteiger charge is 2.36. The first-order chi connectivity index (χ1) is 9.71. The molecule has 1 aromatic carbocycles. The SMILES string of the molecule is CCC(CC)N(CC(F)(F)F)C(=O)c1cccc(C)c1F. The number of rotatable bonds is 5. The van der Waals surface area contributed by atoms with Gasteiger partial charge in [-0.05, 0) is 31.4 Å². The molecular weight excluding hydrogens is 286 g/mol. The van der Waals surface area contributed by atoms with E-state index in [1.165, 1.54) is 25.1 Å². The number of hydrogen-bond acceptors (Lipinski definition) is 1. The van der Waals surface area contributed by atoms with Crippen molar-refractivity contribution in [2.24, 2.45) is 0 Å². The lowest BCUT2D eigenvalue weighted by molar-refractivity contribution is -0.145. The Morgan fingerprint density at radius 3 is 2.29 bits per heavy atom. The summed E-state index contributed by atoms with van der Waals surface area (Å²) in [7, 11) is 0. The minimum absolute atomic E-state index is 0.234. The zero-order valence-electron chi connectivity index (χ0n) is 12.3. The smallest absolute Gasteiger partial charge is 0.326 e. The fourth-order valence-corrected chi connectivity index (χ4v) is 2.26. The van der Waals surface area contributed by atoms with Gasteiger partial charge in [-0.15, -0.1) is 0 Å². The molecule has 0 aliphatic rings. The van der Waals surface area contributed by atoms with Gasteiger partial charge < -0.3 is 4.90 Å². The van der Waals surface area contributed by atoms with E-state index in [1.807, 2.05) is 0 Å². The number of halogens is 4. The van der Waals surface area contributed by atoms with E-state index < -0.39 is 30.5 Å². The van der Waals surface area contributed by atoms with Crippen LogP contribution in [0.1, 0.15) is 42.6 Å². The number of amides is 1. The Labute approximate surface area is 121 Å². The molecule has 0 aromatic heterocycles. The number of carbonyl (C=O) groups excluding carboxylic acids is 1. The summed E-state index contributed by atoms with van der Waals surface area (Å²) in [5.41, 5.74) is -0.0801. The molecule has 1 aromatic rings. The molecule has 21 heavy (non-hydrogen) atoms. The van der Waals surface area contributed by atoms with Crippen LogP contribution >= 0.6 is 0 Å². The van der Waals surface area contributed by atoms with Crippen LogP contribution in [0, 0.1) is 12.7 Å². The van der Waals surface area contributed by atoms with Gasteiger partial charge in [-0.25, -0.2) is 4.39 Å². The van der Waals surface area contributed by atoms with Gasteiger partial charge in [0.15, 0.2) is 0 Å². The van der Waals surface area contributed by atoms with Crippen molar-refractivity contribution in [2.45, 2.75) is 45.8 Å². The molecule has 0 unspecified atom stereocenters. The zero-order valence-corrected chi connectivity index (χ0v) is 12.3. The van der Waals surface area contributed by atoms with Gasteiger partial charge in [0.1, 0.15) is 12.4 Å². The van der Waals surface area contributed by atoms with Crippen LogP contribution < -0.4 is 0 Å². The van der Waals surface area contributed by atoms with E-state index in [0.717, 1.165) is 4.90 Å². The minimum Gasteiger partial charge on any atom is -0.326 e. The van der Waals surface area contributed by atoms with E-state index in [4.69, 9.17) is 0 Å². The van der Waals surface area contributed by atoms with Crippen molar-refractivity contribution in [3.8, 4) is 0 Å². The third-order valence-electron chi connectivity index (χ3n) is 3.42. The quantitative estimate of drug-likeness (QED) is 0.742. The van der Waals surface area contributed by atoms with Crippen LogP contribution in [0.5, 0.6) is 0 Å². The van der Waals surface area contributed by atoms with E-state index >= 15 is 0 Å². The van der Waals surface area contributed by atoms with E-state index in [0.29, 0.717) is 12.8 Å². The first-order valence-corrected chi connectivity index (χ1v) is 6.84. The number of nitrogens with zero attached hydrogens (tertiary/aromatic N) is 1. The topological polar surface area (TPSA) is 20.3 Å². The highest BCUT2D eigenvalue weighted by molar-refractivity contribution is 5.95. The van der Waals surface area contributed by atoms with Gasteiger partial charge in [0.05, 0.1) is 5.56 Å². The lowest BCUT2D eigenvalue weighted by Crippen LogP contribution is -2.45. The molecule has 0 saturated heterocycles. The Balaban J connectivity index is 3.18. The summed E-state index contributed by atoms with van der Waals surface area (Å²) in [5, 5.41) is 0. The van der Waals surface area contributed by atoms with Gasteiger partial charge >= 0.3 is 6.18 Å². The Hall–Kier alpha value is -1.59. The Bertz CT molecular complexity index is 495. The Morgan fingerprint density at radius 2 is 1.81 bits per heavy atom. The largest absolute Gasteiger partial charge is 0.406 e. The van der Waals surface area contributed by atoms with Crippen molar-refractivity contribution in [1.29, 1.82) is 0 Å². The van der Waals surface area contributed by atoms with Crippen molar-refractivity contribution in [3.63, 3.8) is 0 Å². The molecule has 0 saturated carbocycles. The van der Waals surface area contributed by atoms with Crippen LogP contribution in [0.2, 0.25) is 0 Å². The maximum absolute atomic E-state index is 14.0. The second kappa shape index (κ2) is 6.91. The summed E-state index contributed by atoms with van der Waals surface area (Å²) in [6.07, 6.45) is -3.75. The van der Waals surface area contributed by atoms with Gasteiger partial charge in [0.2, 0.25) is 0 Å². The number of hydrogen-bond donors (Lipinski definition) is 0. The molecular formula is C15H19F4NO. The summed E-state index contributed by atoms with van der Waals surface area (Å²) >= 11 is 0. The normalized spacial score (nSPS) is 11.8. The molecule has 0 N–H and O–H groups in total. The van der Waals surface area contributed by atoms with Gasteiger partial charge in [-0.3, -0.25) is 4.79 Å². The predicted molar refractivity (Wildman–Crippen MR) is 72.6 cm³/mol. The minimum atomic E-state index is -4.52. The fraction of sp³-hybridized carbons (Fsp3) is 0.533. The number of aryl methyl sites for hydroxylation is 1. The summed E-state index contributed by atoms with van der Waals surface area (Å²) in [4.78, 5) is 13.1. The first-order valence-electron chi connectivity index (χ1n) is 6.84. The molecule has 1 rings (SSSR count). The highest BCUT2D eigenvalue weighted by atomic mass is 19.4. The lowest BCUT2D eigenvalue weighted by Gasteiger charge is -2.31. The van der Waals surface area contributed by atoms with Gasteiger partial charge in [-0.2, -0.15) is 13.2 Å². The van der Waals surface area contributed by atoms with Crippen molar-refractivity contribution in [2.75, 3.05) is 6.54 Å². The van der Waals surface area contributed by atoms with E-state index in [9.17, 15) is 22.4 Å². The third kappa shape index (κ3) is 4.44. The van der Waals surface area contributed by atoms with Gasteiger partial charge in [0.25, 0.3) is 5.91 Å². The van der Waals surface area contributed by atoms with Crippen LogP contribution in [0.3, 0.4) is 0 Å². The summed E-state index contributed by atoms with van der Waals surface area (Å²) < 4.78 is 52.1. The van der Waals surface area contributed by atoms with Crippen LogP contribution in [-0.2, 0) is 0 Å². The monoisotopic (exact) mass is 305 g/mol. The number of alkyl halides is 3. The third-order valence-corrected chi connectivity index (χ3v) is 3.42. The molecule has 0 radical (unpaired) electrons. The second-order valence-corrected chi connectivity index (χ2v) is 4.96. The van der Waals surface area contributed by atoms with Crippen molar-refractivity contribution in [3.05, 3.63) is 35.1 Å². The van der Waals surface area contributed by atoms with Crippen molar-refractivity contribution < 1.29 is 22.4 Å². The Morgan fingerprint density at radius 1 is 1.24 bits per heavy atom. The average Bonchev–Trinajstić information content (AvgIpc) is 2.40. The van der Waals surface area contributed by atoms with Crippen LogP contribution in [0.4, 0.5) is 17.6 Å². The molecule has 2 nitrogen and oxygen atoms in total.